The molecule has 1 unspecified atom stereocenters. The van der Waals surface area contributed by atoms with Crippen molar-refractivity contribution in [1.82, 2.24) is 9.97 Å². The van der Waals surface area contributed by atoms with Crippen LogP contribution in [-0.2, 0) is 4.79 Å². The molecule has 1 N–H and O–H groups in total. The molecule has 0 aliphatic rings. The molecule has 0 saturated heterocycles. The number of hydrogen-bond acceptors (Lipinski definition) is 3. The molecule has 1 atom stereocenters. The van der Waals surface area contributed by atoms with Crippen LogP contribution >= 0.6 is 15.9 Å². The van der Waals surface area contributed by atoms with Crippen LogP contribution in [0.5, 0.6) is 0 Å². The first kappa shape index (κ1) is 15.6. The lowest BCUT2D eigenvalue weighted by molar-refractivity contribution is -0.138. The fourth-order valence-electron chi connectivity index (χ4n) is 2.27. The molecule has 1 aromatic carbocycles. The fourth-order valence-corrected chi connectivity index (χ4v) is 2.79. The molecule has 4 nitrogen and oxygen atoms in total. The number of nitrogens with zero attached hydrogens (tertiary/aromatic N) is 2. The Kier molecular flexibility index (Phi) is 4.37. The van der Waals surface area contributed by atoms with Crippen LogP contribution in [0, 0.1) is 19.7 Å². The van der Waals surface area contributed by atoms with E-state index in [4.69, 9.17) is 5.11 Å². The van der Waals surface area contributed by atoms with Crippen molar-refractivity contribution >= 4 is 21.9 Å². The molecular formula is C15H14BrFN2O2. The fraction of sp³-hybridized carbons (Fsp3) is 0.267. The summed E-state index contributed by atoms with van der Waals surface area (Å²) >= 11 is 3.29. The third-order valence-corrected chi connectivity index (χ3v) is 3.96. The second kappa shape index (κ2) is 5.89. The van der Waals surface area contributed by atoms with Gasteiger partial charge in [-0.25, -0.2) is 14.4 Å². The first-order valence-electron chi connectivity index (χ1n) is 6.34. The molecule has 0 fully saturated rings. The van der Waals surface area contributed by atoms with Gasteiger partial charge >= 0.3 is 5.97 Å². The number of halogens is 2. The van der Waals surface area contributed by atoms with Crippen LogP contribution in [0.15, 0.2) is 22.7 Å². The van der Waals surface area contributed by atoms with Crippen LogP contribution in [0.25, 0.3) is 11.4 Å². The molecule has 0 radical (unpaired) electrons. The zero-order chi connectivity index (χ0) is 15.7. The summed E-state index contributed by atoms with van der Waals surface area (Å²) < 4.78 is 13.7. The number of rotatable bonds is 3. The second-order valence-electron chi connectivity index (χ2n) is 4.82. The second-order valence-corrected chi connectivity index (χ2v) is 5.67. The maximum Gasteiger partial charge on any atom is 0.310 e. The van der Waals surface area contributed by atoms with Crippen molar-refractivity contribution in [2.45, 2.75) is 26.7 Å². The Bertz CT molecular complexity index is 696. The summed E-state index contributed by atoms with van der Waals surface area (Å²) in [5.74, 6) is -1.50. The van der Waals surface area contributed by atoms with Crippen LogP contribution in [0.4, 0.5) is 4.39 Å². The van der Waals surface area contributed by atoms with E-state index in [0.717, 1.165) is 0 Å². The van der Waals surface area contributed by atoms with Gasteiger partial charge in [0, 0.05) is 27.0 Å². The van der Waals surface area contributed by atoms with Gasteiger partial charge in [-0.3, -0.25) is 4.79 Å². The third-order valence-electron chi connectivity index (χ3n) is 3.30. The number of benzene rings is 1. The molecule has 0 aliphatic carbocycles. The molecule has 110 valence electrons. The van der Waals surface area contributed by atoms with Gasteiger partial charge in [-0.05, 0) is 54.9 Å². The number of aliphatic carboxylic acids is 1. The normalized spacial score (nSPS) is 12.2. The average Bonchev–Trinajstić information content (AvgIpc) is 2.37. The van der Waals surface area contributed by atoms with Gasteiger partial charge in [-0.15, -0.1) is 0 Å². The highest BCUT2D eigenvalue weighted by molar-refractivity contribution is 9.10. The topological polar surface area (TPSA) is 63.1 Å². The highest BCUT2D eigenvalue weighted by Gasteiger charge is 2.21. The highest BCUT2D eigenvalue weighted by Crippen LogP contribution is 2.29. The number of carbonyl (C=O) groups is 1. The molecule has 1 heterocycles. The number of hydrogen-bond donors (Lipinski definition) is 1. The predicted molar refractivity (Wildman–Crippen MR) is 80.7 cm³/mol. The summed E-state index contributed by atoms with van der Waals surface area (Å²) in [7, 11) is 0. The standard InChI is InChI=1S/C15H14BrFN2O2/c1-7(15(20)21)13-8(2)18-14(19-9(13)3)11-5-4-10(17)6-12(11)16/h4-7H,1-3H3,(H,20,21). The van der Waals surface area contributed by atoms with Gasteiger partial charge < -0.3 is 5.11 Å². The third kappa shape index (κ3) is 3.10. The molecule has 6 heteroatoms. The number of aryl methyl sites for hydroxylation is 2. The molecule has 0 spiro atoms. The van der Waals surface area contributed by atoms with Crippen molar-refractivity contribution in [1.29, 1.82) is 0 Å². The summed E-state index contributed by atoms with van der Waals surface area (Å²) in [5, 5.41) is 9.14. The summed E-state index contributed by atoms with van der Waals surface area (Å²) in [5.41, 5.74) is 2.51. The molecule has 0 amide bonds. The van der Waals surface area contributed by atoms with E-state index in [1.807, 2.05) is 0 Å². The van der Waals surface area contributed by atoms with E-state index in [0.29, 0.717) is 32.8 Å². The van der Waals surface area contributed by atoms with Crippen molar-refractivity contribution in [2.24, 2.45) is 0 Å². The quantitative estimate of drug-likeness (QED) is 0.911. The van der Waals surface area contributed by atoms with Crippen LogP contribution in [0.3, 0.4) is 0 Å². The lowest BCUT2D eigenvalue weighted by Crippen LogP contribution is -2.13. The van der Waals surface area contributed by atoms with E-state index in [9.17, 15) is 9.18 Å². The summed E-state index contributed by atoms with van der Waals surface area (Å²) in [6, 6.07) is 4.27. The zero-order valence-electron chi connectivity index (χ0n) is 11.8. The Labute approximate surface area is 130 Å². The average molecular weight is 353 g/mol. The molecule has 0 bridgehead atoms. The Morgan fingerprint density at radius 2 is 1.86 bits per heavy atom. The molecule has 1 aromatic heterocycles. The maximum atomic E-state index is 13.1. The van der Waals surface area contributed by atoms with Gasteiger partial charge in [-0.1, -0.05) is 0 Å². The SMILES string of the molecule is Cc1nc(-c2ccc(F)cc2Br)nc(C)c1C(C)C(=O)O. The van der Waals surface area contributed by atoms with Crippen molar-refractivity contribution in [3.05, 3.63) is 45.4 Å². The minimum Gasteiger partial charge on any atom is -0.481 e. The summed E-state index contributed by atoms with van der Waals surface area (Å²) in [6.45, 7) is 5.11. The largest absolute Gasteiger partial charge is 0.481 e. The van der Waals surface area contributed by atoms with Gasteiger partial charge in [0.1, 0.15) is 5.82 Å². The Balaban J connectivity index is 2.56. The Morgan fingerprint density at radius 3 is 2.33 bits per heavy atom. The van der Waals surface area contributed by atoms with E-state index in [1.54, 1.807) is 26.8 Å². The molecule has 0 saturated carbocycles. The van der Waals surface area contributed by atoms with Gasteiger partial charge in [0.25, 0.3) is 0 Å². The Hall–Kier alpha value is -1.82. The van der Waals surface area contributed by atoms with Crippen molar-refractivity contribution in [3.63, 3.8) is 0 Å². The molecule has 2 rings (SSSR count). The van der Waals surface area contributed by atoms with E-state index < -0.39 is 11.9 Å². The predicted octanol–water partition coefficient (Wildman–Crippen LogP) is 3.85. The lowest BCUT2D eigenvalue weighted by Gasteiger charge is -2.14. The number of carboxylic acid groups (broad SMARTS) is 1. The van der Waals surface area contributed by atoms with Crippen LogP contribution in [0.1, 0.15) is 29.8 Å². The van der Waals surface area contributed by atoms with Crippen molar-refractivity contribution in [3.8, 4) is 11.4 Å². The Morgan fingerprint density at radius 1 is 1.29 bits per heavy atom. The monoisotopic (exact) mass is 352 g/mol. The van der Waals surface area contributed by atoms with Gasteiger partial charge in [0.2, 0.25) is 0 Å². The maximum absolute atomic E-state index is 13.1. The summed E-state index contributed by atoms with van der Waals surface area (Å²) in [6.07, 6.45) is 0. The summed E-state index contributed by atoms with van der Waals surface area (Å²) in [4.78, 5) is 19.9. The van der Waals surface area contributed by atoms with Gasteiger partial charge in [-0.2, -0.15) is 0 Å². The molecular weight excluding hydrogens is 339 g/mol. The van der Waals surface area contributed by atoms with Gasteiger partial charge in [0.15, 0.2) is 5.82 Å². The first-order valence-corrected chi connectivity index (χ1v) is 7.14. The minimum absolute atomic E-state index is 0.352. The van der Waals surface area contributed by atoms with Crippen molar-refractivity contribution in [2.75, 3.05) is 0 Å². The van der Waals surface area contributed by atoms with Crippen LogP contribution in [-0.4, -0.2) is 21.0 Å². The zero-order valence-corrected chi connectivity index (χ0v) is 13.4. The number of carboxylic acids is 1. The van der Waals surface area contributed by atoms with E-state index in [-0.39, 0.29) is 5.82 Å². The smallest absolute Gasteiger partial charge is 0.310 e. The van der Waals surface area contributed by atoms with Crippen LogP contribution < -0.4 is 0 Å². The minimum atomic E-state index is -0.916. The molecule has 2 aromatic rings. The van der Waals surface area contributed by atoms with Gasteiger partial charge in [0.05, 0.1) is 5.92 Å². The lowest BCUT2D eigenvalue weighted by atomic mass is 9.98. The highest BCUT2D eigenvalue weighted by atomic mass is 79.9. The molecule has 21 heavy (non-hydrogen) atoms. The van der Waals surface area contributed by atoms with E-state index in [2.05, 4.69) is 25.9 Å². The first-order chi connectivity index (χ1) is 9.81. The number of aromatic nitrogens is 2. The van der Waals surface area contributed by atoms with E-state index in [1.165, 1.54) is 12.1 Å². The van der Waals surface area contributed by atoms with Crippen LogP contribution in [0.2, 0.25) is 0 Å². The van der Waals surface area contributed by atoms with E-state index >= 15 is 0 Å². The van der Waals surface area contributed by atoms with Crippen molar-refractivity contribution < 1.29 is 14.3 Å². The molecule has 0 aliphatic heterocycles.